The van der Waals surface area contributed by atoms with Crippen LogP contribution < -0.4 is 5.32 Å². The van der Waals surface area contributed by atoms with Gasteiger partial charge in [-0.25, -0.2) is 0 Å². The Kier molecular flexibility index (Phi) is 4.87. The highest BCUT2D eigenvalue weighted by atomic mass is 32.2. The number of nitrogens with one attached hydrogen (secondary N) is 1. The zero-order valence-electron chi connectivity index (χ0n) is 9.36. The van der Waals surface area contributed by atoms with Crippen LogP contribution in [0.1, 0.15) is 22.8 Å². The van der Waals surface area contributed by atoms with Gasteiger partial charge in [0.25, 0.3) is 5.91 Å². The summed E-state index contributed by atoms with van der Waals surface area (Å²) in [6.07, 6.45) is 2.00. The third kappa shape index (κ3) is 3.59. The molecule has 0 aliphatic carbocycles. The van der Waals surface area contributed by atoms with Crippen LogP contribution in [0, 0.1) is 11.3 Å². The van der Waals surface area contributed by atoms with Crippen LogP contribution in [-0.4, -0.2) is 24.0 Å². The van der Waals surface area contributed by atoms with E-state index in [0.29, 0.717) is 11.1 Å². The van der Waals surface area contributed by atoms with E-state index < -0.39 is 0 Å². The summed E-state index contributed by atoms with van der Waals surface area (Å²) < 4.78 is 0. The van der Waals surface area contributed by atoms with E-state index in [2.05, 4.69) is 5.32 Å². The van der Waals surface area contributed by atoms with Gasteiger partial charge in [0.1, 0.15) is 0 Å². The molecule has 1 aromatic rings. The molecule has 0 fully saturated rings. The molecule has 0 aromatic heterocycles. The van der Waals surface area contributed by atoms with Gasteiger partial charge in [-0.15, -0.1) is 0 Å². The number of nitrogens with zero attached hydrogens (tertiary/aromatic N) is 1. The minimum absolute atomic E-state index is 0.126. The van der Waals surface area contributed by atoms with Gasteiger partial charge in [-0.1, -0.05) is 6.07 Å². The molecule has 16 heavy (non-hydrogen) atoms. The summed E-state index contributed by atoms with van der Waals surface area (Å²) in [6.45, 7) is 1.96. The van der Waals surface area contributed by atoms with E-state index in [9.17, 15) is 4.79 Å². The summed E-state index contributed by atoms with van der Waals surface area (Å²) in [4.78, 5) is 11.8. The molecule has 1 amide bonds. The highest BCUT2D eigenvalue weighted by molar-refractivity contribution is 7.98. The molecule has 0 saturated carbocycles. The van der Waals surface area contributed by atoms with Crippen molar-refractivity contribution < 1.29 is 4.79 Å². The Balaban J connectivity index is 2.70. The Morgan fingerprint density at radius 3 is 3.00 bits per heavy atom. The predicted molar refractivity (Wildman–Crippen MR) is 66.5 cm³/mol. The number of nitriles is 1. The van der Waals surface area contributed by atoms with Gasteiger partial charge in [0, 0.05) is 17.4 Å². The molecule has 0 heterocycles. The Morgan fingerprint density at radius 1 is 1.62 bits per heavy atom. The van der Waals surface area contributed by atoms with E-state index in [1.54, 1.807) is 36.0 Å². The van der Waals surface area contributed by atoms with Crippen LogP contribution in [0.5, 0.6) is 0 Å². The quantitative estimate of drug-likeness (QED) is 0.867. The lowest BCUT2D eigenvalue weighted by molar-refractivity contribution is 0.0944. The molecule has 1 rings (SSSR count). The summed E-state index contributed by atoms with van der Waals surface area (Å²) in [5.41, 5.74) is 1.04. The van der Waals surface area contributed by atoms with Crippen molar-refractivity contribution in [1.82, 2.24) is 5.32 Å². The topological polar surface area (TPSA) is 52.9 Å². The summed E-state index contributed by atoms with van der Waals surface area (Å²) in [6, 6.07) is 8.86. The van der Waals surface area contributed by atoms with Crippen molar-refractivity contribution in [3.05, 3.63) is 35.4 Å². The third-order valence-electron chi connectivity index (χ3n) is 2.05. The summed E-state index contributed by atoms with van der Waals surface area (Å²) in [5.74, 6) is 0.752. The van der Waals surface area contributed by atoms with E-state index in [1.807, 2.05) is 19.2 Å². The van der Waals surface area contributed by atoms with Crippen molar-refractivity contribution in [2.24, 2.45) is 0 Å². The van der Waals surface area contributed by atoms with Crippen LogP contribution >= 0.6 is 11.8 Å². The SMILES string of the molecule is CSCC(C)NC(=O)c1cccc(C#N)c1. The van der Waals surface area contributed by atoms with Gasteiger partial charge in [-0.3, -0.25) is 4.79 Å². The molecule has 3 nitrogen and oxygen atoms in total. The molecule has 1 unspecified atom stereocenters. The number of carbonyl (C=O) groups is 1. The highest BCUT2D eigenvalue weighted by Crippen LogP contribution is 2.05. The maximum atomic E-state index is 11.8. The first-order valence-electron chi connectivity index (χ1n) is 4.97. The molecule has 1 aromatic carbocycles. The summed E-state index contributed by atoms with van der Waals surface area (Å²) in [7, 11) is 0. The van der Waals surface area contributed by atoms with Gasteiger partial charge in [-0.05, 0) is 31.4 Å². The standard InChI is InChI=1S/C12H14N2OS/c1-9(8-16-2)14-12(15)11-5-3-4-10(6-11)7-13/h3-6,9H,8H2,1-2H3,(H,14,15). The smallest absolute Gasteiger partial charge is 0.251 e. The number of carbonyl (C=O) groups excluding carboxylic acids is 1. The summed E-state index contributed by atoms with van der Waals surface area (Å²) >= 11 is 1.69. The van der Waals surface area contributed by atoms with Crippen LogP contribution in [0.25, 0.3) is 0 Å². The fourth-order valence-electron chi connectivity index (χ4n) is 1.33. The van der Waals surface area contributed by atoms with E-state index in [0.717, 1.165) is 5.75 Å². The van der Waals surface area contributed by atoms with Crippen LogP contribution in [0.4, 0.5) is 0 Å². The van der Waals surface area contributed by atoms with Crippen molar-refractivity contribution >= 4 is 17.7 Å². The second kappa shape index (κ2) is 6.19. The van der Waals surface area contributed by atoms with E-state index in [4.69, 9.17) is 5.26 Å². The van der Waals surface area contributed by atoms with Crippen molar-refractivity contribution in [3.8, 4) is 6.07 Å². The normalized spacial score (nSPS) is 11.6. The second-order valence-corrected chi connectivity index (χ2v) is 4.43. The van der Waals surface area contributed by atoms with Crippen LogP contribution in [0.3, 0.4) is 0 Å². The number of amides is 1. The van der Waals surface area contributed by atoms with Crippen molar-refractivity contribution in [2.45, 2.75) is 13.0 Å². The first-order valence-corrected chi connectivity index (χ1v) is 6.36. The average molecular weight is 234 g/mol. The fourth-order valence-corrected chi connectivity index (χ4v) is 1.91. The lowest BCUT2D eigenvalue weighted by Crippen LogP contribution is -2.34. The van der Waals surface area contributed by atoms with Gasteiger partial charge in [-0.2, -0.15) is 17.0 Å². The first kappa shape index (κ1) is 12.6. The van der Waals surface area contributed by atoms with Crippen molar-refractivity contribution in [1.29, 1.82) is 5.26 Å². The molecule has 1 atom stereocenters. The molecule has 84 valence electrons. The van der Waals surface area contributed by atoms with E-state index in [-0.39, 0.29) is 11.9 Å². The zero-order valence-corrected chi connectivity index (χ0v) is 10.2. The van der Waals surface area contributed by atoms with Gasteiger partial charge in [0.15, 0.2) is 0 Å². The monoisotopic (exact) mass is 234 g/mol. The first-order chi connectivity index (χ1) is 7.67. The molecule has 4 heteroatoms. The molecule has 0 saturated heterocycles. The maximum Gasteiger partial charge on any atom is 0.251 e. The van der Waals surface area contributed by atoms with Gasteiger partial charge >= 0.3 is 0 Å². The molecule has 0 radical (unpaired) electrons. The molecule has 0 aliphatic rings. The van der Waals surface area contributed by atoms with Crippen LogP contribution in [-0.2, 0) is 0 Å². The Labute approximate surface area is 99.8 Å². The lowest BCUT2D eigenvalue weighted by Gasteiger charge is -2.12. The Bertz CT molecular complexity index is 412. The lowest BCUT2D eigenvalue weighted by atomic mass is 10.1. The highest BCUT2D eigenvalue weighted by Gasteiger charge is 2.09. The van der Waals surface area contributed by atoms with Gasteiger partial charge < -0.3 is 5.32 Å². The minimum atomic E-state index is -0.126. The molecule has 0 bridgehead atoms. The van der Waals surface area contributed by atoms with Crippen molar-refractivity contribution in [2.75, 3.05) is 12.0 Å². The largest absolute Gasteiger partial charge is 0.349 e. The van der Waals surface area contributed by atoms with Crippen LogP contribution in [0.2, 0.25) is 0 Å². The Morgan fingerprint density at radius 2 is 2.38 bits per heavy atom. The molecule has 0 spiro atoms. The number of hydrogen-bond donors (Lipinski definition) is 1. The number of hydrogen-bond acceptors (Lipinski definition) is 3. The third-order valence-corrected chi connectivity index (χ3v) is 2.88. The number of benzene rings is 1. The summed E-state index contributed by atoms with van der Waals surface area (Å²) in [5, 5.41) is 11.6. The zero-order chi connectivity index (χ0) is 12.0. The predicted octanol–water partition coefficient (Wildman–Crippen LogP) is 2.04. The molecule has 1 N–H and O–H groups in total. The fraction of sp³-hybridized carbons (Fsp3) is 0.333. The van der Waals surface area contributed by atoms with Crippen molar-refractivity contribution in [3.63, 3.8) is 0 Å². The molecule has 0 aliphatic heterocycles. The molecular formula is C12H14N2OS. The molecular weight excluding hydrogens is 220 g/mol. The number of rotatable bonds is 4. The van der Waals surface area contributed by atoms with Crippen LogP contribution in [0.15, 0.2) is 24.3 Å². The number of thioether (sulfide) groups is 1. The van der Waals surface area contributed by atoms with Gasteiger partial charge in [0.2, 0.25) is 0 Å². The second-order valence-electron chi connectivity index (χ2n) is 3.52. The van der Waals surface area contributed by atoms with E-state index in [1.165, 1.54) is 0 Å². The van der Waals surface area contributed by atoms with E-state index >= 15 is 0 Å². The Hall–Kier alpha value is -1.47. The van der Waals surface area contributed by atoms with Gasteiger partial charge in [0.05, 0.1) is 11.6 Å². The average Bonchev–Trinajstić information content (AvgIpc) is 2.29. The minimum Gasteiger partial charge on any atom is -0.349 e. The maximum absolute atomic E-state index is 11.8.